The number of aromatic nitrogens is 2. The maximum Gasteiger partial charge on any atom is 0.225 e. The molecular formula is C14H25N5. The van der Waals surface area contributed by atoms with Gasteiger partial charge in [-0.2, -0.15) is 0 Å². The second-order valence-corrected chi connectivity index (χ2v) is 4.94. The zero-order valence-corrected chi connectivity index (χ0v) is 12.0. The van der Waals surface area contributed by atoms with E-state index in [2.05, 4.69) is 38.9 Å². The Bertz CT molecular complexity index is 348. The smallest absolute Gasteiger partial charge is 0.225 e. The Hall–Kier alpha value is -1.20. The Morgan fingerprint density at radius 3 is 2.42 bits per heavy atom. The van der Waals surface area contributed by atoms with E-state index in [-0.39, 0.29) is 0 Å². The zero-order chi connectivity index (χ0) is 13.5. The van der Waals surface area contributed by atoms with Gasteiger partial charge in [0.15, 0.2) is 0 Å². The first-order valence-corrected chi connectivity index (χ1v) is 7.31. The predicted octanol–water partition coefficient (Wildman–Crippen LogP) is 0.987. The summed E-state index contributed by atoms with van der Waals surface area (Å²) >= 11 is 0. The molecule has 1 atom stereocenters. The highest BCUT2D eigenvalue weighted by Crippen LogP contribution is 2.12. The molecule has 2 heterocycles. The third-order valence-electron chi connectivity index (χ3n) is 3.77. The maximum atomic E-state index is 4.33. The first-order chi connectivity index (χ1) is 9.35. The van der Waals surface area contributed by atoms with Crippen LogP contribution < -0.4 is 10.2 Å². The van der Waals surface area contributed by atoms with Crippen LogP contribution in [0.1, 0.15) is 20.3 Å². The standard InChI is InChI=1S/C14H25N5/c1-3-13(12-15-4-2)18-8-10-19(11-9-18)14-16-6-5-7-17-14/h5-7,13,15H,3-4,8-12H2,1-2H3. The number of rotatable bonds is 6. The molecular weight excluding hydrogens is 238 g/mol. The molecule has 0 saturated carbocycles. The molecule has 0 bridgehead atoms. The molecule has 1 aromatic rings. The Morgan fingerprint density at radius 2 is 1.84 bits per heavy atom. The average molecular weight is 263 g/mol. The van der Waals surface area contributed by atoms with E-state index in [1.54, 1.807) is 0 Å². The lowest BCUT2D eigenvalue weighted by Gasteiger charge is -2.39. The van der Waals surface area contributed by atoms with Gasteiger partial charge in [-0.1, -0.05) is 13.8 Å². The minimum atomic E-state index is 0.652. The molecule has 0 aliphatic carbocycles. The first-order valence-electron chi connectivity index (χ1n) is 7.31. The average Bonchev–Trinajstić information content (AvgIpc) is 2.49. The predicted molar refractivity (Wildman–Crippen MR) is 78.4 cm³/mol. The summed E-state index contributed by atoms with van der Waals surface area (Å²) in [6.45, 7) is 10.8. The number of hydrogen-bond acceptors (Lipinski definition) is 5. The van der Waals surface area contributed by atoms with E-state index in [1.807, 2.05) is 18.5 Å². The molecule has 0 radical (unpaired) electrons. The Labute approximate surface area is 116 Å². The molecule has 1 aromatic heterocycles. The summed E-state index contributed by atoms with van der Waals surface area (Å²) < 4.78 is 0. The summed E-state index contributed by atoms with van der Waals surface area (Å²) in [7, 11) is 0. The van der Waals surface area contributed by atoms with Crippen molar-refractivity contribution in [3.63, 3.8) is 0 Å². The highest BCUT2D eigenvalue weighted by molar-refractivity contribution is 5.29. The van der Waals surface area contributed by atoms with Gasteiger partial charge < -0.3 is 10.2 Å². The van der Waals surface area contributed by atoms with Crippen LogP contribution in [0.25, 0.3) is 0 Å². The molecule has 1 N–H and O–H groups in total. The lowest BCUT2D eigenvalue weighted by atomic mass is 10.1. The number of hydrogen-bond donors (Lipinski definition) is 1. The number of anilines is 1. The monoisotopic (exact) mass is 263 g/mol. The van der Waals surface area contributed by atoms with Crippen molar-refractivity contribution in [2.24, 2.45) is 0 Å². The lowest BCUT2D eigenvalue weighted by molar-refractivity contribution is 0.176. The fourth-order valence-electron chi connectivity index (χ4n) is 2.58. The Balaban J connectivity index is 1.84. The van der Waals surface area contributed by atoms with Gasteiger partial charge in [-0.25, -0.2) is 9.97 Å². The number of piperazine rings is 1. The Morgan fingerprint density at radius 1 is 1.16 bits per heavy atom. The summed E-state index contributed by atoms with van der Waals surface area (Å²) in [5.41, 5.74) is 0. The van der Waals surface area contributed by atoms with Gasteiger partial charge in [0.1, 0.15) is 0 Å². The summed E-state index contributed by atoms with van der Waals surface area (Å²) in [6, 6.07) is 2.52. The van der Waals surface area contributed by atoms with Crippen LogP contribution in [-0.2, 0) is 0 Å². The molecule has 1 unspecified atom stereocenters. The fourth-order valence-corrected chi connectivity index (χ4v) is 2.58. The largest absolute Gasteiger partial charge is 0.338 e. The van der Waals surface area contributed by atoms with Crippen LogP contribution in [0.5, 0.6) is 0 Å². The van der Waals surface area contributed by atoms with Gasteiger partial charge in [-0.3, -0.25) is 4.90 Å². The van der Waals surface area contributed by atoms with Gasteiger partial charge in [-0.05, 0) is 19.0 Å². The molecule has 106 valence electrons. The van der Waals surface area contributed by atoms with E-state index in [0.29, 0.717) is 6.04 Å². The molecule has 1 saturated heterocycles. The van der Waals surface area contributed by atoms with Gasteiger partial charge >= 0.3 is 0 Å². The third kappa shape index (κ3) is 3.88. The molecule has 1 fully saturated rings. The Kier molecular flexibility index (Phi) is 5.54. The fraction of sp³-hybridized carbons (Fsp3) is 0.714. The van der Waals surface area contributed by atoms with E-state index >= 15 is 0 Å². The number of nitrogens with zero attached hydrogens (tertiary/aromatic N) is 4. The van der Waals surface area contributed by atoms with Crippen LogP contribution >= 0.6 is 0 Å². The maximum absolute atomic E-state index is 4.33. The van der Waals surface area contributed by atoms with Gasteiger partial charge in [0.2, 0.25) is 5.95 Å². The number of likely N-dealkylation sites (N-methyl/N-ethyl adjacent to an activating group) is 1. The summed E-state index contributed by atoms with van der Waals surface area (Å²) in [5.74, 6) is 0.863. The van der Waals surface area contributed by atoms with E-state index < -0.39 is 0 Å². The molecule has 1 aliphatic rings. The van der Waals surface area contributed by atoms with Crippen molar-refractivity contribution >= 4 is 5.95 Å². The van der Waals surface area contributed by atoms with Crippen molar-refractivity contribution in [1.82, 2.24) is 20.2 Å². The van der Waals surface area contributed by atoms with E-state index in [4.69, 9.17) is 0 Å². The van der Waals surface area contributed by atoms with Crippen LogP contribution in [-0.4, -0.2) is 60.2 Å². The van der Waals surface area contributed by atoms with Crippen LogP contribution in [0.2, 0.25) is 0 Å². The normalized spacial score (nSPS) is 18.5. The van der Waals surface area contributed by atoms with Crippen LogP contribution in [0, 0.1) is 0 Å². The molecule has 19 heavy (non-hydrogen) atoms. The van der Waals surface area contributed by atoms with Crippen molar-refractivity contribution in [3.05, 3.63) is 18.5 Å². The van der Waals surface area contributed by atoms with Crippen LogP contribution in [0.4, 0.5) is 5.95 Å². The molecule has 0 amide bonds. The highest BCUT2D eigenvalue weighted by atomic mass is 15.3. The third-order valence-corrected chi connectivity index (χ3v) is 3.77. The molecule has 5 heteroatoms. The molecule has 2 rings (SSSR count). The van der Waals surface area contributed by atoms with Crippen molar-refractivity contribution in [2.45, 2.75) is 26.3 Å². The van der Waals surface area contributed by atoms with Crippen LogP contribution in [0.3, 0.4) is 0 Å². The van der Waals surface area contributed by atoms with Gasteiger partial charge in [0.25, 0.3) is 0 Å². The highest BCUT2D eigenvalue weighted by Gasteiger charge is 2.23. The minimum absolute atomic E-state index is 0.652. The van der Waals surface area contributed by atoms with Gasteiger partial charge in [-0.15, -0.1) is 0 Å². The van der Waals surface area contributed by atoms with Gasteiger partial charge in [0.05, 0.1) is 0 Å². The summed E-state index contributed by atoms with van der Waals surface area (Å²) in [6.07, 6.45) is 4.83. The number of nitrogens with one attached hydrogen (secondary N) is 1. The SMILES string of the molecule is CCNCC(CC)N1CCN(c2ncccn2)CC1. The van der Waals surface area contributed by atoms with Crippen molar-refractivity contribution in [3.8, 4) is 0 Å². The first kappa shape index (κ1) is 14.2. The van der Waals surface area contributed by atoms with E-state index in [1.165, 1.54) is 6.42 Å². The molecule has 1 aliphatic heterocycles. The van der Waals surface area contributed by atoms with Crippen molar-refractivity contribution in [2.75, 3.05) is 44.2 Å². The molecule has 5 nitrogen and oxygen atoms in total. The zero-order valence-electron chi connectivity index (χ0n) is 12.0. The molecule has 0 spiro atoms. The molecule has 0 aromatic carbocycles. The summed E-state index contributed by atoms with van der Waals surface area (Å²) in [4.78, 5) is 13.5. The quantitative estimate of drug-likeness (QED) is 0.829. The minimum Gasteiger partial charge on any atom is -0.338 e. The van der Waals surface area contributed by atoms with Gasteiger partial charge in [0, 0.05) is 51.2 Å². The van der Waals surface area contributed by atoms with Crippen molar-refractivity contribution in [1.29, 1.82) is 0 Å². The topological polar surface area (TPSA) is 44.3 Å². The lowest BCUT2D eigenvalue weighted by Crippen LogP contribution is -2.53. The van der Waals surface area contributed by atoms with Crippen LogP contribution in [0.15, 0.2) is 18.5 Å². The van der Waals surface area contributed by atoms with E-state index in [0.717, 1.165) is 45.2 Å². The van der Waals surface area contributed by atoms with Crippen molar-refractivity contribution < 1.29 is 0 Å². The van der Waals surface area contributed by atoms with E-state index in [9.17, 15) is 0 Å². The second-order valence-electron chi connectivity index (χ2n) is 4.94. The summed E-state index contributed by atoms with van der Waals surface area (Å²) in [5, 5.41) is 3.46. The second kappa shape index (κ2) is 7.40.